The molecule has 2 rings (SSSR count). The molecule has 0 aliphatic carbocycles. The highest BCUT2D eigenvalue weighted by molar-refractivity contribution is 6.32. The van der Waals surface area contributed by atoms with E-state index in [1.165, 1.54) is 11.1 Å². The smallest absolute Gasteiger partial charge is 0.261 e. The summed E-state index contributed by atoms with van der Waals surface area (Å²) in [6, 6.07) is 13.5. The van der Waals surface area contributed by atoms with Crippen molar-refractivity contribution in [2.45, 2.75) is 52.7 Å². The fraction of sp³-hybridized carbons (Fsp3) is 0.381. The monoisotopic (exact) mass is 359 g/mol. The molecule has 4 heteroatoms. The average Bonchev–Trinajstić information content (AvgIpc) is 2.61. The minimum atomic E-state index is -0.569. The average molecular weight is 360 g/mol. The van der Waals surface area contributed by atoms with Crippen LogP contribution in [0, 0.1) is 13.8 Å². The first-order valence-corrected chi connectivity index (χ1v) is 9.12. The number of ether oxygens (including phenoxy) is 1. The van der Waals surface area contributed by atoms with Crippen LogP contribution in [0.5, 0.6) is 5.75 Å². The van der Waals surface area contributed by atoms with Gasteiger partial charge in [-0.05, 0) is 55.5 Å². The van der Waals surface area contributed by atoms with Crippen molar-refractivity contribution in [1.82, 2.24) is 5.32 Å². The number of carbonyl (C=O) groups is 1. The van der Waals surface area contributed by atoms with Crippen molar-refractivity contribution < 1.29 is 9.53 Å². The summed E-state index contributed by atoms with van der Waals surface area (Å²) < 4.78 is 5.84. The van der Waals surface area contributed by atoms with Crippen molar-refractivity contribution >= 4 is 17.5 Å². The van der Waals surface area contributed by atoms with Crippen LogP contribution in [-0.4, -0.2) is 12.0 Å². The minimum absolute atomic E-state index is 0.0318. The summed E-state index contributed by atoms with van der Waals surface area (Å²) >= 11 is 6.13. The quantitative estimate of drug-likeness (QED) is 0.720. The Morgan fingerprint density at radius 3 is 2.40 bits per heavy atom. The van der Waals surface area contributed by atoms with E-state index in [0.717, 1.165) is 12.0 Å². The molecule has 0 bridgehead atoms. The Morgan fingerprint density at radius 2 is 1.80 bits per heavy atom. The number of carbonyl (C=O) groups excluding carboxylic acids is 1. The fourth-order valence-corrected chi connectivity index (χ4v) is 2.86. The lowest BCUT2D eigenvalue weighted by Crippen LogP contribution is -2.40. The predicted octanol–water partition coefficient (Wildman–Crippen LogP) is 5.38. The molecular formula is C21H26ClNO2. The van der Waals surface area contributed by atoms with Crippen molar-refractivity contribution in [3.8, 4) is 5.75 Å². The molecule has 1 amide bonds. The normalized spacial score (nSPS) is 13.2. The third kappa shape index (κ3) is 4.99. The van der Waals surface area contributed by atoms with Crippen LogP contribution in [0.15, 0.2) is 42.5 Å². The Bertz CT molecular complexity index is 730. The predicted molar refractivity (Wildman–Crippen MR) is 103 cm³/mol. The van der Waals surface area contributed by atoms with Gasteiger partial charge in [-0.15, -0.1) is 0 Å². The van der Waals surface area contributed by atoms with Gasteiger partial charge >= 0.3 is 0 Å². The number of rotatable bonds is 7. The lowest BCUT2D eigenvalue weighted by atomic mass is 9.99. The van der Waals surface area contributed by atoms with Crippen LogP contribution >= 0.6 is 11.6 Å². The second kappa shape index (κ2) is 8.91. The van der Waals surface area contributed by atoms with Crippen LogP contribution in [0.3, 0.4) is 0 Å². The number of amides is 1. The first-order chi connectivity index (χ1) is 12.0. The number of halogens is 1. The molecule has 1 N–H and O–H groups in total. The second-order valence-corrected chi connectivity index (χ2v) is 6.67. The highest BCUT2D eigenvalue weighted by atomic mass is 35.5. The largest absolute Gasteiger partial charge is 0.479 e. The maximum Gasteiger partial charge on any atom is 0.261 e. The molecule has 0 heterocycles. The first kappa shape index (κ1) is 19.3. The lowest BCUT2D eigenvalue weighted by molar-refractivity contribution is -0.128. The van der Waals surface area contributed by atoms with Gasteiger partial charge in [0.15, 0.2) is 6.10 Å². The molecule has 3 nitrogen and oxygen atoms in total. The zero-order chi connectivity index (χ0) is 18.4. The van der Waals surface area contributed by atoms with Gasteiger partial charge in [0.2, 0.25) is 0 Å². The van der Waals surface area contributed by atoms with Crippen LogP contribution in [-0.2, 0) is 4.79 Å². The van der Waals surface area contributed by atoms with Crippen molar-refractivity contribution in [2.24, 2.45) is 0 Å². The van der Waals surface area contributed by atoms with Crippen LogP contribution in [0.2, 0.25) is 5.02 Å². The van der Waals surface area contributed by atoms with Crippen LogP contribution in [0.4, 0.5) is 0 Å². The molecule has 0 unspecified atom stereocenters. The van der Waals surface area contributed by atoms with E-state index in [9.17, 15) is 4.79 Å². The standard InChI is InChI=1S/C21H26ClNO2/c1-5-18(16-12-11-14(3)15(4)13-16)23-21(24)19(6-2)25-20-10-8-7-9-17(20)22/h7-13,18-19H,5-6H2,1-4H3,(H,23,24)/t18-,19-/m0/s1. The van der Waals surface area contributed by atoms with E-state index in [1.807, 2.05) is 19.1 Å². The zero-order valence-corrected chi connectivity index (χ0v) is 16.1. The number of benzene rings is 2. The molecule has 2 aromatic rings. The fourth-order valence-electron chi connectivity index (χ4n) is 2.68. The SMILES string of the molecule is CC[C@H](Oc1ccccc1Cl)C(=O)N[C@@H](CC)c1ccc(C)c(C)c1. The Hall–Kier alpha value is -2.00. The maximum atomic E-state index is 12.7. The Kier molecular flexibility index (Phi) is 6.89. The van der Waals surface area contributed by atoms with Gasteiger partial charge in [-0.1, -0.05) is 55.8 Å². The Morgan fingerprint density at radius 1 is 1.08 bits per heavy atom. The number of hydrogen-bond acceptors (Lipinski definition) is 2. The maximum absolute atomic E-state index is 12.7. The zero-order valence-electron chi connectivity index (χ0n) is 15.3. The number of para-hydroxylation sites is 1. The molecule has 25 heavy (non-hydrogen) atoms. The van der Waals surface area contributed by atoms with Crippen LogP contribution in [0.1, 0.15) is 49.4 Å². The minimum Gasteiger partial charge on any atom is -0.479 e. The summed E-state index contributed by atoms with van der Waals surface area (Å²) in [5.74, 6) is 0.415. The topological polar surface area (TPSA) is 38.3 Å². The van der Waals surface area contributed by atoms with Crippen molar-refractivity contribution in [3.63, 3.8) is 0 Å². The first-order valence-electron chi connectivity index (χ1n) is 8.75. The molecule has 134 valence electrons. The van der Waals surface area contributed by atoms with Gasteiger partial charge in [0.1, 0.15) is 5.75 Å². The Labute approximate surface area is 155 Å². The summed E-state index contributed by atoms with van der Waals surface area (Å²) in [4.78, 5) is 12.7. The van der Waals surface area contributed by atoms with Crippen LogP contribution in [0.25, 0.3) is 0 Å². The van der Waals surface area contributed by atoms with E-state index in [-0.39, 0.29) is 11.9 Å². The summed E-state index contributed by atoms with van der Waals surface area (Å²) in [5, 5.41) is 3.62. The third-order valence-electron chi connectivity index (χ3n) is 4.43. The van der Waals surface area contributed by atoms with Gasteiger partial charge < -0.3 is 10.1 Å². The summed E-state index contributed by atoms with van der Waals surface area (Å²) in [7, 11) is 0. The van der Waals surface area contributed by atoms with E-state index in [4.69, 9.17) is 16.3 Å². The Balaban J connectivity index is 2.11. The van der Waals surface area contributed by atoms with E-state index >= 15 is 0 Å². The van der Waals surface area contributed by atoms with Crippen molar-refractivity contribution in [1.29, 1.82) is 0 Å². The molecule has 0 saturated carbocycles. The number of nitrogens with one attached hydrogen (secondary N) is 1. The molecule has 0 spiro atoms. The van der Waals surface area contributed by atoms with E-state index < -0.39 is 6.10 Å². The van der Waals surface area contributed by atoms with Gasteiger partial charge in [0.05, 0.1) is 11.1 Å². The lowest BCUT2D eigenvalue weighted by Gasteiger charge is -2.23. The van der Waals surface area contributed by atoms with Crippen molar-refractivity contribution in [3.05, 3.63) is 64.2 Å². The van der Waals surface area contributed by atoms with Gasteiger partial charge in [0, 0.05) is 0 Å². The summed E-state index contributed by atoms with van der Waals surface area (Å²) in [6.45, 7) is 8.17. The molecule has 0 radical (unpaired) electrons. The summed E-state index contributed by atoms with van der Waals surface area (Å²) in [6.07, 6.45) is 0.817. The molecule has 0 fully saturated rings. The van der Waals surface area contributed by atoms with E-state index in [0.29, 0.717) is 17.2 Å². The molecule has 0 aliphatic heterocycles. The van der Waals surface area contributed by atoms with Gasteiger partial charge in [-0.2, -0.15) is 0 Å². The van der Waals surface area contributed by atoms with E-state index in [1.54, 1.807) is 12.1 Å². The third-order valence-corrected chi connectivity index (χ3v) is 4.74. The molecule has 0 saturated heterocycles. The van der Waals surface area contributed by atoms with Crippen molar-refractivity contribution in [2.75, 3.05) is 0 Å². The molecule has 0 aliphatic rings. The molecule has 0 aromatic heterocycles. The van der Waals surface area contributed by atoms with Gasteiger partial charge in [0.25, 0.3) is 5.91 Å². The van der Waals surface area contributed by atoms with Gasteiger partial charge in [-0.25, -0.2) is 0 Å². The molecular weight excluding hydrogens is 334 g/mol. The number of aryl methyl sites for hydroxylation is 2. The summed E-state index contributed by atoms with van der Waals surface area (Å²) in [5.41, 5.74) is 3.59. The number of hydrogen-bond donors (Lipinski definition) is 1. The van der Waals surface area contributed by atoms with Gasteiger partial charge in [-0.3, -0.25) is 4.79 Å². The van der Waals surface area contributed by atoms with E-state index in [2.05, 4.69) is 44.3 Å². The molecule has 2 atom stereocenters. The molecule has 2 aromatic carbocycles. The highest BCUT2D eigenvalue weighted by Gasteiger charge is 2.22. The second-order valence-electron chi connectivity index (χ2n) is 6.26. The van der Waals surface area contributed by atoms with Crippen LogP contribution < -0.4 is 10.1 Å². The highest BCUT2D eigenvalue weighted by Crippen LogP contribution is 2.25.